The minimum Gasteiger partial charge on any atom is -0.457 e. The second-order valence-electron chi connectivity index (χ2n) is 14.2. The predicted molar refractivity (Wildman–Crippen MR) is 221 cm³/mol. The summed E-state index contributed by atoms with van der Waals surface area (Å²) in [5, 5.41) is 11.8. The first-order valence-corrected chi connectivity index (χ1v) is 18.7. The van der Waals surface area contributed by atoms with Gasteiger partial charge in [0.2, 0.25) is 0 Å². The molecule has 0 unspecified atom stereocenters. The third-order valence-corrected chi connectivity index (χ3v) is 11.2. The van der Waals surface area contributed by atoms with Crippen LogP contribution in [0.4, 0.5) is 0 Å². The van der Waals surface area contributed by atoms with Gasteiger partial charge in [-0.3, -0.25) is 0 Å². The molecule has 0 fully saturated rings. The van der Waals surface area contributed by atoms with E-state index in [1.165, 1.54) is 5.56 Å². The molecule has 260 valence electrons. The maximum Gasteiger partial charge on any atom is 0.164 e. The van der Waals surface area contributed by atoms with E-state index >= 15 is 0 Å². The Kier molecular flexibility index (Phi) is 7.07. The molecule has 0 bridgehead atoms. The third-order valence-electron chi connectivity index (χ3n) is 11.2. The van der Waals surface area contributed by atoms with Crippen molar-refractivity contribution in [3.05, 3.63) is 210 Å². The van der Waals surface area contributed by atoms with E-state index in [4.69, 9.17) is 19.7 Å². The van der Waals surface area contributed by atoms with E-state index in [2.05, 4.69) is 121 Å². The van der Waals surface area contributed by atoms with Gasteiger partial charge in [0, 0.05) is 27.8 Å². The van der Waals surface area contributed by atoms with Gasteiger partial charge in [-0.1, -0.05) is 152 Å². The lowest BCUT2D eigenvalue weighted by Crippen LogP contribution is -2.32. The van der Waals surface area contributed by atoms with E-state index in [1.54, 1.807) is 0 Å². The van der Waals surface area contributed by atoms with Crippen molar-refractivity contribution >= 4 is 10.8 Å². The Bertz CT molecular complexity index is 3020. The quantitative estimate of drug-likeness (QED) is 0.181. The number of benzene rings is 8. The number of nitrogens with zero attached hydrogens (tertiary/aromatic N) is 4. The highest BCUT2D eigenvalue weighted by Crippen LogP contribution is 2.63. The smallest absolute Gasteiger partial charge is 0.164 e. The largest absolute Gasteiger partial charge is 0.457 e. The van der Waals surface area contributed by atoms with E-state index in [0.29, 0.717) is 23.0 Å². The molecule has 56 heavy (non-hydrogen) atoms. The zero-order valence-corrected chi connectivity index (χ0v) is 30.0. The Morgan fingerprint density at radius 1 is 0.429 bits per heavy atom. The second kappa shape index (κ2) is 12.4. The van der Waals surface area contributed by atoms with Crippen LogP contribution in [0.15, 0.2) is 182 Å². The summed E-state index contributed by atoms with van der Waals surface area (Å²) in [5.74, 6) is 3.47. The Labute approximate surface area is 323 Å². The van der Waals surface area contributed by atoms with Crippen molar-refractivity contribution < 1.29 is 4.74 Å². The number of hydrogen-bond donors (Lipinski definition) is 0. The fourth-order valence-corrected chi connectivity index (χ4v) is 8.81. The summed E-state index contributed by atoms with van der Waals surface area (Å²) in [7, 11) is 0. The maximum atomic E-state index is 9.59. The number of fused-ring (bicyclic) bond motifs is 10. The van der Waals surface area contributed by atoms with Crippen LogP contribution >= 0.6 is 0 Å². The normalized spacial score (nSPS) is 12.9. The van der Waals surface area contributed by atoms with Gasteiger partial charge in [0.15, 0.2) is 17.5 Å². The van der Waals surface area contributed by atoms with Crippen molar-refractivity contribution in [1.82, 2.24) is 15.0 Å². The molecule has 5 nitrogen and oxygen atoms in total. The van der Waals surface area contributed by atoms with Gasteiger partial charge >= 0.3 is 0 Å². The summed E-state index contributed by atoms with van der Waals surface area (Å²) in [6.45, 7) is 0. The van der Waals surface area contributed by atoms with Gasteiger partial charge in [0.1, 0.15) is 11.5 Å². The van der Waals surface area contributed by atoms with Crippen molar-refractivity contribution in [3.63, 3.8) is 0 Å². The topological polar surface area (TPSA) is 71.7 Å². The lowest BCUT2D eigenvalue weighted by atomic mass is 9.66. The Morgan fingerprint density at radius 3 is 1.79 bits per heavy atom. The highest BCUT2D eigenvalue weighted by atomic mass is 16.5. The minimum absolute atomic E-state index is 0.594. The second-order valence-corrected chi connectivity index (χ2v) is 14.2. The van der Waals surface area contributed by atoms with E-state index in [0.717, 1.165) is 77.9 Å². The van der Waals surface area contributed by atoms with Gasteiger partial charge < -0.3 is 4.74 Å². The molecule has 11 rings (SSSR count). The van der Waals surface area contributed by atoms with Gasteiger partial charge in [-0.2, -0.15) is 5.26 Å². The van der Waals surface area contributed by atoms with Crippen LogP contribution in [-0.2, 0) is 5.41 Å². The van der Waals surface area contributed by atoms with E-state index < -0.39 is 5.41 Å². The van der Waals surface area contributed by atoms with Gasteiger partial charge in [0.05, 0.1) is 17.0 Å². The molecule has 1 spiro atoms. The highest BCUT2D eigenvalue weighted by Gasteiger charge is 2.51. The monoisotopic (exact) mass is 714 g/mol. The molecule has 2 aliphatic rings. The molecule has 5 heteroatoms. The van der Waals surface area contributed by atoms with Crippen molar-refractivity contribution in [2.45, 2.75) is 5.41 Å². The molecule has 0 radical (unpaired) electrons. The van der Waals surface area contributed by atoms with Crippen LogP contribution in [0.1, 0.15) is 27.8 Å². The van der Waals surface area contributed by atoms with Crippen LogP contribution in [0.25, 0.3) is 67.2 Å². The molecule has 0 saturated heterocycles. The lowest BCUT2D eigenvalue weighted by Gasteiger charge is -2.39. The molecule has 0 atom stereocenters. The zero-order chi connectivity index (χ0) is 37.2. The van der Waals surface area contributed by atoms with Crippen molar-refractivity contribution in [2.75, 3.05) is 0 Å². The molecule has 1 aliphatic carbocycles. The zero-order valence-electron chi connectivity index (χ0n) is 30.0. The van der Waals surface area contributed by atoms with Crippen LogP contribution in [-0.4, -0.2) is 15.0 Å². The van der Waals surface area contributed by atoms with Crippen LogP contribution < -0.4 is 4.74 Å². The average Bonchev–Trinajstić information content (AvgIpc) is 3.56. The van der Waals surface area contributed by atoms with Crippen molar-refractivity contribution in [2.24, 2.45) is 0 Å². The highest BCUT2D eigenvalue weighted by molar-refractivity contribution is 5.98. The third kappa shape index (κ3) is 4.70. The molecule has 1 aromatic heterocycles. The Balaban J connectivity index is 1.21. The van der Waals surface area contributed by atoms with E-state index in [1.807, 2.05) is 66.7 Å². The first-order valence-electron chi connectivity index (χ1n) is 18.7. The standard InChI is InChI=1S/C51H30N4O/c52-31-32-24-26-34(27-25-32)38-17-11-21-43-47(38)40-29-28-36(30-44(40)51(43)41-19-6-8-22-45(41)56-46-23-9-7-20-42(46)51)49-53-48(35-13-2-1-3-14-35)54-50(55-49)39-18-10-15-33-12-4-5-16-37(33)39/h1-30H. The number of hydrogen-bond acceptors (Lipinski definition) is 5. The summed E-state index contributed by atoms with van der Waals surface area (Å²) < 4.78 is 6.65. The number of rotatable bonds is 4. The molecule has 0 amide bonds. The van der Waals surface area contributed by atoms with E-state index in [-0.39, 0.29) is 0 Å². The van der Waals surface area contributed by atoms with E-state index in [9.17, 15) is 5.26 Å². The average molecular weight is 715 g/mol. The van der Waals surface area contributed by atoms with Crippen molar-refractivity contribution in [1.29, 1.82) is 5.26 Å². The minimum atomic E-state index is -0.706. The van der Waals surface area contributed by atoms with Crippen LogP contribution in [0.2, 0.25) is 0 Å². The van der Waals surface area contributed by atoms with Crippen LogP contribution in [0, 0.1) is 11.3 Å². The number of para-hydroxylation sites is 2. The molecule has 1 aliphatic heterocycles. The Hall–Kier alpha value is -7.68. The summed E-state index contributed by atoms with van der Waals surface area (Å²) in [6, 6.07) is 64.9. The summed E-state index contributed by atoms with van der Waals surface area (Å²) in [6.07, 6.45) is 0. The fourth-order valence-electron chi connectivity index (χ4n) is 8.81. The van der Waals surface area contributed by atoms with Crippen LogP contribution in [0.5, 0.6) is 11.5 Å². The summed E-state index contributed by atoms with van der Waals surface area (Å²) in [4.78, 5) is 15.5. The predicted octanol–water partition coefficient (Wildman–Crippen LogP) is 12.0. The number of ether oxygens (including phenoxy) is 1. The summed E-state index contributed by atoms with van der Waals surface area (Å²) >= 11 is 0. The molecular formula is C51H30N4O. The first kappa shape index (κ1) is 31.8. The van der Waals surface area contributed by atoms with Gasteiger partial charge in [-0.25, -0.2) is 15.0 Å². The summed E-state index contributed by atoms with van der Waals surface area (Å²) in [5.41, 5.74) is 11.6. The molecule has 0 N–H and O–H groups in total. The first-order chi connectivity index (χ1) is 27.7. The fraction of sp³-hybridized carbons (Fsp3) is 0.0196. The number of nitriles is 1. The van der Waals surface area contributed by atoms with Crippen molar-refractivity contribution in [3.8, 4) is 74.0 Å². The molecule has 9 aromatic rings. The molecule has 8 aromatic carbocycles. The van der Waals surface area contributed by atoms with Gasteiger partial charge in [0.25, 0.3) is 0 Å². The molecule has 0 saturated carbocycles. The van der Waals surface area contributed by atoms with Gasteiger partial charge in [-0.05, 0) is 74.5 Å². The Morgan fingerprint density at radius 2 is 1.02 bits per heavy atom. The maximum absolute atomic E-state index is 9.59. The lowest BCUT2D eigenvalue weighted by molar-refractivity contribution is 0.436. The molecule has 2 heterocycles. The van der Waals surface area contributed by atoms with Gasteiger partial charge in [-0.15, -0.1) is 0 Å². The molecular weight excluding hydrogens is 685 g/mol. The van der Waals surface area contributed by atoms with Crippen LogP contribution in [0.3, 0.4) is 0 Å². The number of aromatic nitrogens is 3. The SMILES string of the molecule is N#Cc1ccc(-c2cccc3c2-c2ccc(-c4nc(-c5ccccc5)nc(-c5cccc6ccccc56)n4)cc2C32c3ccccc3Oc3ccccc32)cc1.